The molecule has 0 amide bonds. The Morgan fingerprint density at radius 2 is 2.00 bits per heavy atom. The molecule has 0 aliphatic carbocycles. The van der Waals surface area contributed by atoms with Crippen molar-refractivity contribution in [3.8, 4) is 0 Å². The number of nitrogens with zero attached hydrogens (tertiary/aromatic N) is 4. The summed E-state index contributed by atoms with van der Waals surface area (Å²) in [5.74, 6) is 2.30. The van der Waals surface area contributed by atoms with Gasteiger partial charge in [0.25, 0.3) is 5.78 Å². The summed E-state index contributed by atoms with van der Waals surface area (Å²) in [6.07, 6.45) is 0. The summed E-state index contributed by atoms with van der Waals surface area (Å²) in [6, 6.07) is 8.07. The van der Waals surface area contributed by atoms with Gasteiger partial charge in [-0.25, -0.2) is 0 Å². The Morgan fingerprint density at radius 3 is 2.81 bits per heavy atom. The van der Waals surface area contributed by atoms with Crippen molar-refractivity contribution >= 4 is 22.5 Å². The van der Waals surface area contributed by atoms with E-state index < -0.39 is 0 Å². The smallest absolute Gasteiger partial charge is 0.257 e. The molecular formula is C11H11N5. The number of rotatable bonds is 1. The zero-order valence-electron chi connectivity index (χ0n) is 9.10. The lowest BCUT2D eigenvalue weighted by Crippen LogP contribution is -2.00. The maximum atomic E-state index is 4.42. The fourth-order valence-electron chi connectivity index (χ4n) is 1.93. The van der Waals surface area contributed by atoms with Crippen LogP contribution in [-0.4, -0.2) is 26.6 Å². The summed E-state index contributed by atoms with van der Waals surface area (Å²) >= 11 is 0. The third kappa shape index (κ3) is 1.08. The maximum Gasteiger partial charge on any atom is 0.257 e. The third-order valence-electron chi connectivity index (χ3n) is 2.66. The van der Waals surface area contributed by atoms with E-state index in [1.54, 1.807) is 0 Å². The van der Waals surface area contributed by atoms with Crippen LogP contribution in [0.2, 0.25) is 0 Å². The molecule has 0 aliphatic heterocycles. The van der Waals surface area contributed by atoms with E-state index in [0.717, 1.165) is 22.5 Å². The number of hydrogen-bond acceptors (Lipinski definition) is 4. The molecule has 80 valence electrons. The fourth-order valence-corrected chi connectivity index (χ4v) is 1.93. The molecule has 0 atom stereocenters. The standard InChI is InChI=1S/C11H11N5/c1-7-14-15-11-13-10(12-2)8-5-3-4-6-9(8)16(7)11/h3-6H,1-2H3,(H,12,13,15). The molecule has 0 bridgehead atoms. The van der Waals surface area contributed by atoms with Crippen LogP contribution in [0.25, 0.3) is 16.7 Å². The van der Waals surface area contributed by atoms with Crippen molar-refractivity contribution in [2.45, 2.75) is 6.92 Å². The normalized spacial score (nSPS) is 11.1. The van der Waals surface area contributed by atoms with Crippen LogP contribution in [0.15, 0.2) is 24.3 Å². The lowest BCUT2D eigenvalue weighted by molar-refractivity contribution is 1.02. The quantitative estimate of drug-likeness (QED) is 0.667. The number of aryl methyl sites for hydroxylation is 1. The average molecular weight is 213 g/mol. The molecule has 0 saturated heterocycles. The second-order valence-electron chi connectivity index (χ2n) is 3.61. The molecule has 1 N–H and O–H groups in total. The van der Waals surface area contributed by atoms with Crippen molar-refractivity contribution in [3.05, 3.63) is 30.1 Å². The number of para-hydroxylation sites is 1. The highest BCUT2D eigenvalue weighted by Crippen LogP contribution is 2.22. The molecule has 3 aromatic rings. The van der Waals surface area contributed by atoms with Crippen molar-refractivity contribution in [2.24, 2.45) is 0 Å². The predicted octanol–water partition coefficient (Wildman–Crippen LogP) is 1.63. The lowest BCUT2D eigenvalue weighted by atomic mass is 10.2. The first kappa shape index (κ1) is 9.08. The molecule has 0 saturated carbocycles. The van der Waals surface area contributed by atoms with E-state index in [1.165, 1.54) is 0 Å². The summed E-state index contributed by atoms with van der Waals surface area (Å²) in [5.41, 5.74) is 1.07. The van der Waals surface area contributed by atoms with Crippen molar-refractivity contribution < 1.29 is 0 Å². The minimum absolute atomic E-state index is 0.626. The summed E-state index contributed by atoms with van der Waals surface area (Å²) < 4.78 is 1.95. The van der Waals surface area contributed by atoms with Crippen molar-refractivity contribution in [2.75, 3.05) is 12.4 Å². The van der Waals surface area contributed by atoms with Gasteiger partial charge in [0.05, 0.1) is 5.52 Å². The molecule has 5 heteroatoms. The van der Waals surface area contributed by atoms with Crippen LogP contribution in [0.4, 0.5) is 5.82 Å². The molecule has 0 unspecified atom stereocenters. The van der Waals surface area contributed by atoms with E-state index in [1.807, 2.05) is 42.6 Å². The Balaban J connectivity index is 2.60. The van der Waals surface area contributed by atoms with Crippen LogP contribution < -0.4 is 5.32 Å². The van der Waals surface area contributed by atoms with Crippen LogP contribution in [0.1, 0.15) is 5.82 Å². The topological polar surface area (TPSA) is 55.1 Å². The highest BCUT2D eigenvalue weighted by molar-refractivity contribution is 5.91. The molecule has 1 aromatic carbocycles. The van der Waals surface area contributed by atoms with E-state index in [4.69, 9.17) is 0 Å². The zero-order valence-corrected chi connectivity index (χ0v) is 9.10. The van der Waals surface area contributed by atoms with Gasteiger partial charge in [0.1, 0.15) is 11.6 Å². The highest BCUT2D eigenvalue weighted by atomic mass is 15.3. The summed E-state index contributed by atoms with van der Waals surface area (Å²) in [4.78, 5) is 4.42. The molecular weight excluding hydrogens is 202 g/mol. The summed E-state index contributed by atoms with van der Waals surface area (Å²) in [7, 11) is 1.86. The number of benzene rings is 1. The van der Waals surface area contributed by atoms with Gasteiger partial charge >= 0.3 is 0 Å². The number of nitrogens with one attached hydrogen (secondary N) is 1. The van der Waals surface area contributed by atoms with Crippen molar-refractivity contribution in [1.82, 2.24) is 19.6 Å². The molecule has 16 heavy (non-hydrogen) atoms. The van der Waals surface area contributed by atoms with Crippen LogP contribution in [0.3, 0.4) is 0 Å². The Labute approximate surface area is 92.1 Å². The van der Waals surface area contributed by atoms with Gasteiger partial charge in [-0.1, -0.05) is 12.1 Å². The van der Waals surface area contributed by atoms with Gasteiger partial charge in [-0.3, -0.25) is 4.40 Å². The summed E-state index contributed by atoms with van der Waals surface area (Å²) in [6.45, 7) is 1.92. The molecule has 0 aliphatic rings. The molecule has 5 nitrogen and oxygen atoms in total. The van der Waals surface area contributed by atoms with Gasteiger partial charge < -0.3 is 5.32 Å². The molecule has 0 fully saturated rings. The zero-order chi connectivity index (χ0) is 11.1. The van der Waals surface area contributed by atoms with Crippen LogP contribution in [-0.2, 0) is 0 Å². The van der Waals surface area contributed by atoms with Crippen LogP contribution >= 0.6 is 0 Å². The van der Waals surface area contributed by atoms with Gasteiger partial charge in [0.2, 0.25) is 0 Å². The van der Waals surface area contributed by atoms with Crippen LogP contribution in [0.5, 0.6) is 0 Å². The van der Waals surface area contributed by atoms with Crippen molar-refractivity contribution in [3.63, 3.8) is 0 Å². The first-order chi connectivity index (χ1) is 7.81. The van der Waals surface area contributed by atoms with Crippen LogP contribution in [0, 0.1) is 6.92 Å². The number of aromatic nitrogens is 4. The molecule has 2 heterocycles. The molecule has 3 rings (SSSR count). The van der Waals surface area contributed by atoms with Gasteiger partial charge in [0.15, 0.2) is 0 Å². The van der Waals surface area contributed by atoms with Gasteiger partial charge in [-0.15, -0.1) is 10.2 Å². The molecule has 0 radical (unpaired) electrons. The fraction of sp³-hybridized carbons (Fsp3) is 0.182. The van der Waals surface area contributed by atoms with Gasteiger partial charge in [0, 0.05) is 12.4 Å². The lowest BCUT2D eigenvalue weighted by Gasteiger charge is -2.07. The van der Waals surface area contributed by atoms with Gasteiger partial charge in [-0.2, -0.15) is 4.98 Å². The van der Waals surface area contributed by atoms with E-state index in [-0.39, 0.29) is 0 Å². The Morgan fingerprint density at radius 1 is 1.19 bits per heavy atom. The Kier molecular flexibility index (Phi) is 1.80. The van der Waals surface area contributed by atoms with E-state index >= 15 is 0 Å². The highest BCUT2D eigenvalue weighted by Gasteiger charge is 2.09. The minimum Gasteiger partial charge on any atom is -0.372 e. The first-order valence-corrected chi connectivity index (χ1v) is 5.09. The van der Waals surface area contributed by atoms with Crippen molar-refractivity contribution in [1.29, 1.82) is 0 Å². The first-order valence-electron chi connectivity index (χ1n) is 5.09. The number of hydrogen-bond donors (Lipinski definition) is 1. The summed E-state index contributed by atoms with van der Waals surface area (Å²) in [5, 5.41) is 12.2. The number of fused-ring (bicyclic) bond motifs is 3. The maximum absolute atomic E-state index is 4.42. The average Bonchev–Trinajstić information content (AvgIpc) is 2.70. The molecule has 2 aromatic heterocycles. The SMILES string of the molecule is CNc1nc2nnc(C)n2c2ccccc12. The predicted molar refractivity (Wildman–Crippen MR) is 62.6 cm³/mol. The molecule has 0 spiro atoms. The van der Waals surface area contributed by atoms with E-state index in [2.05, 4.69) is 20.5 Å². The number of anilines is 1. The Bertz CT molecular complexity index is 670. The minimum atomic E-state index is 0.626. The van der Waals surface area contributed by atoms with E-state index in [9.17, 15) is 0 Å². The monoisotopic (exact) mass is 213 g/mol. The van der Waals surface area contributed by atoms with E-state index in [0.29, 0.717) is 5.78 Å². The second kappa shape index (κ2) is 3.16. The Hall–Kier alpha value is -2.17. The largest absolute Gasteiger partial charge is 0.372 e. The third-order valence-corrected chi connectivity index (χ3v) is 2.66. The second-order valence-corrected chi connectivity index (χ2v) is 3.61. The van der Waals surface area contributed by atoms with Gasteiger partial charge in [-0.05, 0) is 19.1 Å².